The van der Waals surface area contributed by atoms with Crippen molar-refractivity contribution in [3.05, 3.63) is 0 Å². The van der Waals surface area contributed by atoms with Crippen molar-refractivity contribution in [3.8, 4) is 0 Å². The molecule has 2 unspecified atom stereocenters. The van der Waals surface area contributed by atoms with E-state index >= 15 is 0 Å². The zero-order chi connectivity index (χ0) is 10.4. The minimum Gasteiger partial charge on any atom is -0.303 e. The minimum atomic E-state index is 0.616. The normalized spacial score (nSPS) is 26.4. The highest BCUT2D eigenvalue weighted by atomic mass is 35.5. The van der Waals surface area contributed by atoms with E-state index in [4.69, 9.17) is 11.6 Å². The van der Waals surface area contributed by atoms with E-state index in [0.717, 1.165) is 11.9 Å². The molecule has 14 heavy (non-hydrogen) atoms. The van der Waals surface area contributed by atoms with Crippen LogP contribution < -0.4 is 0 Å². The van der Waals surface area contributed by atoms with E-state index in [1.54, 1.807) is 0 Å². The number of thioether (sulfide) groups is 1. The van der Waals surface area contributed by atoms with Gasteiger partial charge in [-0.15, -0.1) is 11.6 Å². The van der Waals surface area contributed by atoms with Crippen molar-refractivity contribution in [1.29, 1.82) is 0 Å². The molecule has 2 atom stereocenters. The third-order valence-corrected chi connectivity index (χ3v) is 4.85. The van der Waals surface area contributed by atoms with E-state index in [2.05, 4.69) is 18.9 Å². The van der Waals surface area contributed by atoms with Crippen molar-refractivity contribution in [2.24, 2.45) is 0 Å². The van der Waals surface area contributed by atoms with E-state index < -0.39 is 0 Å². The Morgan fingerprint density at radius 1 is 1.50 bits per heavy atom. The fourth-order valence-electron chi connectivity index (χ4n) is 1.96. The van der Waals surface area contributed by atoms with Crippen LogP contribution in [0.15, 0.2) is 0 Å². The number of nitrogens with zero attached hydrogens (tertiary/aromatic N) is 1. The van der Waals surface area contributed by atoms with Gasteiger partial charge in [-0.25, -0.2) is 0 Å². The van der Waals surface area contributed by atoms with Gasteiger partial charge in [0, 0.05) is 17.2 Å². The first-order valence-electron chi connectivity index (χ1n) is 5.62. The Morgan fingerprint density at radius 3 is 2.93 bits per heavy atom. The Morgan fingerprint density at radius 2 is 2.29 bits per heavy atom. The fraction of sp³-hybridized carbons (Fsp3) is 1.00. The molecule has 1 aliphatic rings. The predicted octanol–water partition coefficient (Wildman–Crippen LogP) is 3.22. The predicted molar refractivity (Wildman–Crippen MR) is 67.5 cm³/mol. The standard InChI is InChI=1S/C11H22ClNS/c1-10(9-12)14-8-6-11-5-3-4-7-13(11)2/h10-11H,3-9H2,1-2H3. The quantitative estimate of drug-likeness (QED) is 0.674. The van der Waals surface area contributed by atoms with Crippen LogP contribution in [0.5, 0.6) is 0 Å². The van der Waals surface area contributed by atoms with Crippen molar-refractivity contribution in [2.75, 3.05) is 25.2 Å². The fourth-order valence-corrected chi connectivity index (χ4v) is 3.13. The first-order valence-corrected chi connectivity index (χ1v) is 7.20. The molecular formula is C11H22ClNS. The summed E-state index contributed by atoms with van der Waals surface area (Å²) in [5.74, 6) is 2.05. The highest BCUT2D eigenvalue weighted by Gasteiger charge is 2.18. The third kappa shape index (κ3) is 4.41. The van der Waals surface area contributed by atoms with Gasteiger partial charge in [-0.1, -0.05) is 13.3 Å². The summed E-state index contributed by atoms with van der Waals surface area (Å²) in [6.07, 6.45) is 5.54. The molecule has 0 aromatic rings. The highest BCUT2D eigenvalue weighted by Crippen LogP contribution is 2.21. The average molecular weight is 236 g/mol. The smallest absolute Gasteiger partial charge is 0.0339 e. The number of hydrogen-bond acceptors (Lipinski definition) is 2. The lowest BCUT2D eigenvalue weighted by Gasteiger charge is -2.32. The largest absolute Gasteiger partial charge is 0.303 e. The first-order chi connectivity index (χ1) is 6.74. The molecule has 0 spiro atoms. The molecule has 0 bridgehead atoms. The Hall–Kier alpha value is 0.600. The summed E-state index contributed by atoms with van der Waals surface area (Å²) >= 11 is 7.78. The summed E-state index contributed by atoms with van der Waals surface area (Å²) in [6.45, 7) is 3.50. The topological polar surface area (TPSA) is 3.24 Å². The molecule has 1 nitrogen and oxygen atoms in total. The van der Waals surface area contributed by atoms with Gasteiger partial charge in [-0.05, 0) is 38.6 Å². The zero-order valence-electron chi connectivity index (χ0n) is 9.34. The van der Waals surface area contributed by atoms with Gasteiger partial charge in [0.1, 0.15) is 0 Å². The van der Waals surface area contributed by atoms with Gasteiger partial charge in [0.15, 0.2) is 0 Å². The van der Waals surface area contributed by atoms with Crippen LogP contribution in [0.25, 0.3) is 0 Å². The molecule has 0 saturated carbocycles. The molecule has 0 aromatic carbocycles. The Bertz CT molecular complexity index is 154. The van der Waals surface area contributed by atoms with Gasteiger partial charge < -0.3 is 4.90 Å². The lowest BCUT2D eigenvalue weighted by Crippen LogP contribution is -2.36. The molecule has 0 aromatic heterocycles. The number of likely N-dealkylation sites (tertiary alicyclic amines) is 1. The molecule has 3 heteroatoms. The van der Waals surface area contributed by atoms with Crippen molar-refractivity contribution < 1.29 is 0 Å². The van der Waals surface area contributed by atoms with E-state index in [0.29, 0.717) is 5.25 Å². The van der Waals surface area contributed by atoms with Gasteiger partial charge in [0.2, 0.25) is 0 Å². The lowest BCUT2D eigenvalue weighted by atomic mass is 10.0. The van der Waals surface area contributed by atoms with Gasteiger partial charge in [0.05, 0.1) is 0 Å². The molecule has 0 radical (unpaired) electrons. The minimum absolute atomic E-state index is 0.616. The molecule has 1 saturated heterocycles. The van der Waals surface area contributed by atoms with E-state index in [9.17, 15) is 0 Å². The summed E-state index contributed by atoms with van der Waals surface area (Å²) in [5, 5.41) is 0.616. The summed E-state index contributed by atoms with van der Waals surface area (Å²) in [6, 6.07) is 0.832. The van der Waals surface area contributed by atoms with Gasteiger partial charge >= 0.3 is 0 Å². The summed E-state index contributed by atoms with van der Waals surface area (Å²) in [4.78, 5) is 2.52. The maximum Gasteiger partial charge on any atom is 0.0339 e. The van der Waals surface area contributed by atoms with E-state index in [1.807, 2.05) is 11.8 Å². The maximum atomic E-state index is 5.77. The van der Waals surface area contributed by atoms with Crippen LogP contribution in [0.1, 0.15) is 32.6 Å². The van der Waals surface area contributed by atoms with Crippen molar-refractivity contribution in [3.63, 3.8) is 0 Å². The summed E-state index contributed by atoms with van der Waals surface area (Å²) in [7, 11) is 2.26. The number of piperidine rings is 1. The maximum absolute atomic E-state index is 5.77. The molecule has 1 rings (SSSR count). The Kier molecular flexibility index (Phi) is 6.31. The van der Waals surface area contributed by atoms with Crippen LogP contribution in [-0.4, -0.2) is 41.4 Å². The van der Waals surface area contributed by atoms with Crippen LogP contribution in [0, 0.1) is 0 Å². The Balaban J connectivity index is 2.10. The molecule has 0 aliphatic carbocycles. The van der Waals surface area contributed by atoms with E-state index in [-0.39, 0.29) is 0 Å². The second kappa shape index (κ2) is 6.97. The summed E-state index contributed by atoms with van der Waals surface area (Å²) in [5.41, 5.74) is 0. The van der Waals surface area contributed by atoms with Crippen LogP contribution in [0.3, 0.4) is 0 Å². The molecule has 1 fully saturated rings. The first kappa shape index (κ1) is 12.7. The van der Waals surface area contributed by atoms with E-state index in [1.165, 1.54) is 38.0 Å². The van der Waals surface area contributed by atoms with Crippen LogP contribution in [-0.2, 0) is 0 Å². The third-order valence-electron chi connectivity index (χ3n) is 2.99. The highest BCUT2D eigenvalue weighted by molar-refractivity contribution is 7.99. The number of hydrogen-bond donors (Lipinski definition) is 0. The van der Waals surface area contributed by atoms with Crippen molar-refractivity contribution in [1.82, 2.24) is 4.90 Å². The molecular weight excluding hydrogens is 214 g/mol. The SMILES string of the molecule is CC(CCl)SCCC1CCCCN1C. The van der Waals surface area contributed by atoms with Crippen LogP contribution >= 0.6 is 23.4 Å². The Labute approximate surface area is 97.6 Å². The number of alkyl halides is 1. The molecule has 1 heterocycles. The van der Waals surface area contributed by atoms with Gasteiger partial charge in [-0.2, -0.15) is 11.8 Å². The van der Waals surface area contributed by atoms with Crippen LogP contribution in [0.4, 0.5) is 0 Å². The lowest BCUT2D eigenvalue weighted by molar-refractivity contribution is 0.182. The van der Waals surface area contributed by atoms with Crippen LogP contribution in [0.2, 0.25) is 0 Å². The zero-order valence-corrected chi connectivity index (χ0v) is 10.9. The molecule has 1 aliphatic heterocycles. The second-order valence-corrected chi connectivity index (χ2v) is 6.11. The average Bonchev–Trinajstić information content (AvgIpc) is 2.20. The van der Waals surface area contributed by atoms with Gasteiger partial charge in [0.25, 0.3) is 0 Å². The number of rotatable bonds is 5. The van der Waals surface area contributed by atoms with Crippen molar-refractivity contribution >= 4 is 23.4 Å². The summed E-state index contributed by atoms with van der Waals surface area (Å²) < 4.78 is 0. The second-order valence-electron chi connectivity index (χ2n) is 4.25. The molecule has 0 amide bonds. The van der Waals surface area contributed by atoms with Gasteiger partial charge in [-0.3, -0.25) is 0 Å². The molecule has 0 N–H and O–H groups in total. The molecule has 84 valence electrons. The number of halogens is 1. The van der Waals surface area contributed by atoms with Crippen molar-refractivity contribution in [2.45, 2.75) is 43.9 Å². The monoisotopic (exact) mass is 235 g/mol.